The molecule has 0 bridgehead atoms. The molecule has 98 valence electrons. The Bertz CT molecular complexity index is 441. The summed E-state index contributed by atoms with van der Waals surface area (Å²) in [7, 11) is 0. The average molecular weight is 314 g/mol. The number of halogens is 2. The van der Waals surface area contributed by atoms with Gasteiger partial charge in [-0.2, -0.15) is 0 Å². The first kappa shape index (κ1) is 12.6. The van der Waals surface area contributed by atoms with Crippen LogP contribution in [0.2, 0.25) is 0 Å². The lowest BCUT2D eigenvalue weighted by atomic mass is 9.65. The molecule has 4 heteroatoms. The largest absolute Gasteiger partial charge is 0.379 e. The highest BCUT2D eigenvalue weighted by Gasteiger charge is 2.48. The number of benzene rings is 1. The third kappa shape index (κ3) is 2.00. The second-order valence-electron chi connectivity index (χ2n) is 5.30. The Kier molecular flexibility index (Phi) is 3.43. The van der Waals surface area contributed by atoms with Crippen LogP contribution in [0.4, 0.5) is 4.39 Å². The van der Waals surface area contributed by atoms with E-state index in [-0.39, 0.29) is 11.2 Å². The van der Waals surface area contributed by atoms with Gasteiger partial charge in [0.2, 0.25) is 0 Å². The number of hydrogen-bond donors (Lipinski definition) is 1. The molecule has 1 N–H and O–H groups in total. The minimum absolute atomic E-state index is 0.0972. The van der Waals surface area contributed by atoms with Gasteiger partial charge in [-0.3, -0.25) is 0 Å². The standard InChI is InChI=1S/C14H17BrFNO/c15-11-1-2-13(16)12(7-11)14(8-18-9-14)10-3-5-17-6-4-10/h1-2,7,10,17H,3-6,8-9H2. The normalized spacial score (nSPS) is 23.7. The Balaban J connectivity index is 1.97. The van der Waals surface area contributed by atoms with Gasteiger partial charge >= 0.3 is 0 Å². The first-order chi connectivity index (χ1) is 8.72. The van der Waals surface area contributed by atoms with E-state index in [1.165, 1.54) is 0 Å². The molecule has 1 aromatic carbocycles. The lowest BCUT2D eigenvalue weighted by Gasteiger charge is -2.49. The highest BCUT2D eigenvalue weighted by Crippen LogP contribution is 2.44. The number of ether oxygens (including phenoxy) is 1. The van der Waals surface area contributed by atoms with Gasteiger partial charge in [-0.1, -0.05) is 15.9 Å². The summed E-state index contributed by atoms with van der Waals surface area (Å²) in [5.74, 6) is 0.427. The first-order valence-electron chi connectivity index (χ1n) is 6.46. The third-order valence-corrected chi connectivity index (χ3v) is 4.80. The predicted molar refractivity (Wildman–Crippen MR) is 72.2 cm³/mol. The minimum atomic E-state index is -0.101. The Morgan fingerprint density at radius 1 is 1.28 bits per heavy atom. The van der Waals surface area contributed by atoms with Crippen LogP contribution in [0.1, 0.15) is 18.4 Å². The van der Waals surface area contributed by atoms with Crippen molar-refractivity contribution in [1.29, 1.82) is 0 Å². The van der Waals surface area contributed by atoms with Crippen molar-refractivity contribution in [2.75, 3.05) is 26.3 Å². The van der Waals surface area contributed by atoms with Gasteiger partial charge < -0.3 is 10.1 Å². The van der Waals surface area contributed by atoms with E-state index in [1.54, 1.807) is 12.1 Å². The summed E-state index contributed by atoms with van der Waals surface area (Å²) < 4.78 is 20.5. The molecular weight excluding hydrogens is 297 g/mol. The van der Waals surface area contributed by atoms with Crippen LogP contribution in [0.3, 0.4) is 0 Å². The van der Waals surface area contributed by atoms with E-state index in [1.807, 2.05) is 6.07 Å². The van der Waals surface area contributed by atoms with Crippen LogP contribution in [0.5, 0.6) is 0 Å². The summed E-state index contributed by atoms with van der Waals surface area (Å²) >= 11 is 3.45. The first-order valence-corrected chi connectivity index (χ1v) is 7.26. The Labute approximate surface area is 115 Å². The van der Waals surface area contributed by atoms with Gasteiger partial charge in [-0.15, -0.1) is 0 Å². The minimum Gasteiger partial charge on any atom is -0.379 e. The molecule has 0 radical (unpaired) electrons. The molecular formula is C14H17BrFNO. The lowest BCUT2D eigenvalue weighted by molar-refractivity contribution is -0.0979. The fourth-order valence-corrected chi connectivity index (χ4v) is 3.55. The van der Waals surface area contributed by atoms with E-state index < -0.39 is 0 Å². The molecule has 0 aromatic heterocycles. The van der Waals surface area contributed by atoms with E-state index in [0.29, 0.717) is 19.1 Å². The van der Waals surface area contributed by atoms with Crippen molar-refractivity contribution in [3.63, 3.8) is 0 Å². The number of piperidine rings is 1. The topological polar surface area (TPSA) is 21.3 Å². The summed E-state index contributed by atoms with van der Waals surface area (Å²) in [6.45, 7) is 3.38. The van der Waals surface area contributed by atoms with Gasteiger partial charge in [-0.25, -0.2) is 4.39 Å². The van der Waals surface area contributed by atoms with E-state index in [0.717, 1.165) is 36.0 Å². The summed E-state index contributed by atoms with van der Waals surface area (Å²) in [5.41, 5.74) is 0.728. The maximum Gasteiger partial charge on any atom is 0.127 e. The fraction of sp³-hybridized carbons (Fsp3) is 0.571. The van der Waals surface area contributed by atoms with E-state index in [4.69, 9.17) is 4.74 Å². The monoisotopic (exact) mass is 313 g/mol. The molecule has 2 aliphatic rings. The lowest BCUT2D eigenvalue weighted by Crippen LogP contribution is -2.55. The molecule has 3 rings (SSSR count). The average Bonchev–Trinajstić information content (AvgIpc) is 2.34. The van der Waals surface area contributed by atoms with Gasteiger partial charge in [0, 0.05) is 15.5 Å². The number of hydrogen-bond acceptors (Lipinski definition) is 2. The molecule has 0 saturated carbocycles. The molecule has 0 atom stereocenters. The number of rotatable bonds is 2. The van der Waals surface area contributed by atoms with Gasteiger partial charge in [-0.05, 0) is 50.0 Å². The second-order valence-corrected chi connectivity index (χ2v) is 6.21. The molecule has 2 aliphatic heterocycles. The Hall–Kier alpha value is -0.450. The highest BCUT2D eigenvalue weighted by molar-refractivity contribution is 9.10. The van der Waals surface area contributed by atoms with E-state index >= 15 is 0 Å². The molecule has 18 heavy (non-hydrogen) atoms. The summed E-state index contributed by atoms with van der Waals surface area (Å²) in [5, 5.41) is 3.37. The van der Waals surface area contributed by atoms with E-state index in [9.17, 15) is 4.39 Å². The molecule has 2 fully saturated rings. The summed E-state index contributed by atoms with van der Waals surface area (Å²) in [4.78, 5) is 0. The van der Waals surface area contributed by atoms with Crippen LogP contribution in [0.15, 0.2) is 22.7 Å². The Morgan fingerprint density at radius 3 is 2.61 bits per heavy atom. The third-order valence-electron chi connectivity index (χ3n) is 4.30. The van der Waals surface area contributed by atoms with Crippen molar-refractivity contribution >= 4 is 15.9 Å². The molecule has 2 nitrogen and oxygen atoms in total. The van der Waals surface area contributed by atoms with Crippen LogP contribution in [-0.4, -0.2) is 26.3 Å². The van der Waals surface area contributed by atoms with Crippen molar-refractivity contribution in [2.45, 2.75) is 18.3 Å². The summed E-state index contributed by atoms with van der Waals surface area (Å²) in [6.07, 6.45) is 2.21. The molecule has 0 spiro atoms. The summed E-state index contributed by atoms with van der Waals surface area (Å²) in [6, 6.07) is 5.24. The van der Waals surface area contributed by atoms with E-state index in [2.05, 4.69) is 21.2 Å². The van der Waals surface area contributed by atoms with Crippen LogP contribution < -0.4 is 5.32 Å². The van der Waals surface area contributed by atoms with Crippen LogP contribution >= 0.6 is 15.9 Å². The van der Waals surface area contributed by atoms with Gasteiger partial charge in [0.25, 0.3) is 0 Å². The zero-order valence-corrected chi connectivity index (χ0v) is 11.8. The predicted octanol–water partition coefficient (Wildman–Crippen LogP) is 2.86. The second kappa shape index (κ2) is 4.91. The molecule has 1 aromatic rings. The van der Waals surface area contributed by atoms with Gasteiger partial charge in [0.15, 0.2) is 0 Å². The molecule has 2 heterocycles. The zero-order valence-electron chi connectivity index (χ0n) is 10.2. The Morgan fingerprint density at radius 2 is 2.00 bits per heavy atom. The molecule has 0 aliphatic carbocycles. The van der Waals surface area contributed by atoms with Crippen LogP contribution in [0.25, 0.3) is 0 Å². The van der Waals surface area contributed by atoms with Crippen molar-refractivity contribution in [1.82, 2.24) is 5.32 Å². The molecule has 0 unspecified atom stereocenters. The van der Waals surface area contributed by atoms with Crippen molar-refractivity contribution in [3.05, 3.63) is 34.1 Å². The quantitative estimate of drug-likeness (QED) is 0.906. The molecule has 0 amide bonds. The van der Waals surface area contributed by atoms with Crippen molar-refractivity contribution < 1.29 is 9.13 Å². The molecule has 2 saturated heterocycles. The maximum absolute atomic E-state index is 14.1. The maximum atomic E-state index is 14.1. The van der Waals surface area contributed by atoms with Crippen molar-refractivity contribution in [2.24, 2.45) is 5.92 Å². The smallest absolute Gasteiger partial charge is 0.127 e. The fourth-order valence-electron chi connectivity index (χ4n) is 3.19. The van der Waals surface area contributed by atoms with Crippen LogP contribution in [0, 0.1) is 11.7 Å². The zero-order chi connectivity index (χ0) is 12.6. The van der Waals surface area contributed by atoms with Gasteiger partial charge in [0.05, 0.1) is 13.2 Å². The SMILES string of the molecule is Fc1ccc(Br)cc1C1(C2CCNCC2)COC1. The highest BCUT2D eigenvalue weighted by atomic mass is 79.9. The van der Waals surface area contributed by atoms with Crippen LogP contribution in [-0.2, 0) is 10.2 Å². The van der Waals surface area contributed by atoms with Crippen molar-refractivity contribution in [3.8, 4) is 0 Å². The van der Waals surface area contributed by atoms with Gasteiger partial charge in [0.1, 0.15) is 5.82 Å². The number of nitrogens with one attached hydrogen (secondary N) is 1.